The molecule has 28 heavy (non-hydrogen) atoms. The molecule has 5 nitrogen and oxygen atoms in total. The molecule has 0 radical (unpaired) electrons. The Morgan fingerprint density at radius 3 is 2.61 bits per heavy atom. The Labute approximate surface area is 172 Å². The summed E-state index contributed by atoms with van der Waals surface area (Å²) in [5.41, 5.74) is 3.93. The van der Waals surface area contributed by atoms with Crippen LogP contribution in [0.25, 0.3) is 11.1 Å². The van der Waals surface area contributed by atoms with Crippen molar-refractivity contribution in [2.75, 3.05) is 20.2 Å². The number of nitrogens with one attached hydrogen (secondary N) is 1. The van der Waals surface area contributed by atoms with Crippen molar-refractivity contribution < 1.29 is 9.53 Å². The fourth-order valence-electron chi connectivity index (χ4n) is 4.34. The van der Waals surface area contributed by atoms with Gasteiger partial charge in [-0.15, -0.1) is 12.4 Å². The highest BCUT2D eigenvalue weighted by Gasteiger charge is 2.50. The van der Waals surface area contributed by atoms with Crippen LogP contribution in [-0.2, 0) is 4.79 Å². The maximum atomic E-state index is 12.6. The second kappa shape index (κ2) is 8.10. The summed E-state index contributed by atoms with van der Waals surface area (Å²) in [5.74, 6) is 1.11. The lowest BCUT2D eigenvalue weighted by Gasteiger charge is -2.23. The molecule has 2 atom stereocenters. The van der Waals surface area contributed by atoms with Gasteiger partial charge in [0.1, 0.15) is 11.3 Å². The van der Waals surface area contributed by atoms with Crippen molar-refractivity contribution in [1.82, 2.24) is 15.2 Å². The number of likely N-dealkylation sites (tertiary alicyclic amines) is 1. The first-order chi connectivity index (χ1) is 13.0. The Hall–Kier alpha value is -2.11. The van der Waals surface area contributed by atoms with Gasteiger partial charge in [0.2, 0.25) is 5.91 Å². The molecule has 2 aliphatic rings. The fraction of sp³-hybridized carbons (Fsp3) is 0.455. The summed E-state index contributed by atoms with van der Waals surface area (Å²) in [6.07, 6.45) is 2.71. The lowest BCUT2D eigenvalue weighted by Crippen LogP contribution is -2.47. The van der Waals surface area contributed by atoms with Gasteiger partial charge in [0.05, 0.1) is 18.3 Å². The second-order valence-electron chi connectivity index (χ2n) is 7.67. The summed E-state index contributed by atoms with van der Waals surface area (Å²) in [7, 11) is 1.89. The van der Waals surface area contributed by atoms with Crippen LogP contribution in [0.3, 0.4) is 0 Å². The maximum absolute atomic E-state index is 12.6. The van der Waals surface area contributed by atoms with Crippen LogP contribution >= 0.6 is 12.4 Å². The first kappa shape index (κ1) is 20.6. The third-order valence-electron chi connectivity index (χ3n) is 5.77. The number of halogens is 1. The molecule has 150 valence electrons. The van der Waals surface area contributed by atoms with Crippen LogP contribution in [0.5, 0.6) is 5.75 Å². The highest BCUT2D eigenvalue weighted by Crippen LogP contribution is 2.39. The molecule has 2 fully saturated rings. The molecule has 1 aromatic carbocycles. The van der Waals surface area contributed by atoms with Crippen molar-refractivity contribution in [2.45, 2.75) is 44.7 Å². The molecule has 3 heterocycles. The van der Waals surface area contributed by atoms with E-state index in [0.29, 0.717) is 6.61 Å². The Kier molecular flexibility index (Phi) is 5.96. The number of carbonyl (C=O) groups is 1. The summed E-state index contributed by atoms with van der Waals surface area (Å²) < 4.78 is 5.54. The third kappa shape index (κ3) is 3.74. The summed E-state index contributed by atoms with van der Waals surface area (Å²) in [4.78, 5) is 19.2. The average Bonchev–Trinajstić information content (AvgIpc) is 3.22. The topological polar surface area (TPSA) is 54.5 Å². The minimum atomic E-state index is -0.385. The van der Waals surface area contributed by atoms with Gasteiger partial charge < -0.3 is 9.64 Å². The Balaban J connectivity index is 0.00000225. The number of amides is 1. The number of hydrogen-bond donors (Lipinski definition) is 1. The number of hydrogen-bond acceptors (Lipinski definition) is 4. The van der Waals surface area contributed by atoms with Crippen molar-refractivity contribution in [3.63, 3.8) is 0 Å². The smallest absolute Gasteiger partial charge is 0.242 e. The van der Waals surface area contributed by atoms with Gasteiger partial charge in [0.25, 0.3) is 0 Å². The van der Waals surface area contributed by atoms with E-state index >= 15 is 0 Å². The summed E-state index contributed by atoms with van der Waals surface area (Å²) in [6, 6.07) is 12.6. The van der Waals surface area contributed by atoms with Gasteiger partial charge in [-0.3, -0.25) is 15.1 Å². The standard InChI is InChI=1S/C22H27N3O2.ClH/c1-4-27-18-7-5-16(6-8-18)17-13-15(2)23-20(14-17)19-9-10-22(24-19)11-12-25(3)21(22)26;/h5-8,13-14,19,24H,4,9-12H2,1-3H3;1H/t19-,22-;/m0./s1. The highest BCUT2D eigenvalue weighted by atomic mass is 35.5. The highest BCUT2D eigenvalue weighted by molar-refractivity contribution is 5.88. The van der Waals surface area contributed by atoms with Crippen molar-refractivity contribution in [2.24, 2.45) is 0 Å². The van der Waals surface area contributed by atoms with Crippen LogP contribution in [-0.4, -0.2) is 41.5 Å². The molecule has 2 aliphatic heterocycles. The summed E-state index contributed by atoms with van der Waals surface area (Å²) >= 11 is 0. The van der Waals surface area contributed by atoms with E-state index in [-0.39, 0.29) is 29.9 Å². The second-order valence-corrected chi connectivity index (χ2v) is 7.67. The Morgan fingerprint density at radius 1 is 1.21 bits per heavy atom. The van der Waals surface area contributed by atoms with Crippen molar-refractivity contribution in [1.29, 1.82) is 0 Å². The van der Waals surface area contributed by atoms with Crippen LogP contribution in [0.4, 0.5) is 0 Å². The van der Waals surface area contributed by atoms with Crippen LogP contribution in [0.2, 0.25) is 0 Å². The first-order valence-corrected chi connectivity index (χ1v) is 9.76. The third-order valence-corrected chi connectivity index (χ3v) is 5.77. The molecule has 0 unspecified atom stereocenters. The van der Waals surface area contributed by atoms with Crippen molar-refractivity contribution in [3.8, 4) is 16.9 Å². The largest absolute Gasteiger partial charge is 0.494 e. The van der Waals surface area contributed by atoms with Crippen LogP contribution in [0.1, 0.15) is 43.6 Å². The van der Waals surface area contributed by atoms with Crippen LogP contribution < -0.4 is 10.1 Å². The number of benzene rings is 1. The molecule has 1 N–H and O–H groups in total. The number of carbonyl (C=O) groups excluding carboxylic acids is 1. The van der Waals surface area contributed by atoms with Gasteiger partial charge in [-0.1, -0.05) is 12.1 Å². The zero-order valence-corrected chi connectivity index (χ0v) is 17.5. The van der Waals surface area contributed by atoms with Gasteiger partial charge in [-0.25, -0.2) is 0 Å². The van der Waals surface area contributed by atoms with E-state index in [1.165, 1.54) is 0 Å². The molecular formula is C22H28ClN3O2. The first-order valence-electron chi connectivity index (χ1n) is 9.76. The monoisotopic (exact) mass is 401 g/mol. The minimum Gasteiger partial charge on any atom is -0.494 e. The molecule has 0 bridgehead atoms. The van der Waals surface area contributed by atoms with Gasteiger partial charge in [0, 0.05) is 19.3 Å². The number of nitrogens with zero attached hydrogens (tertiary/aromatic N) is 2. The molecule has 1 spiro atoms. The van der Waals surface area contributed by atoms with E-state index in [0.717, 1.165) is 54.1 Å². The molecular weight excluding hydrogens is 374 g/mol. The number of aryl methyl sites for hydroxylation is 1. The number of aromatic nitrogens is 1. The predicted molar refractivity (Wildman–Crippen MR) is 113 cm³/mol. The fourth-order valence-corrected chi connectivity index (χ4v) is 4.34. The molecule has 2 saturated heterocycles. The quantitative estimate of drug-likeness (QED) is 0.844. The zero-order valence-electron chi connectivity index (χ0n) is 16.7. The SMILES string of the molecule is CCOc1ccc(-c2cc(C)nc([C@@H]3CC[C@@]4(CCN(C)C4=O)N3)c2)cc1.Cl. The van der Waals surface area contributed by atoms with E-state index in [1.807, 2.05) is 37.9 Å². The molecule has 0 saturated carbocycles. The molecule has 4 rings (SSSR count). The number of ether oxygens (including phenoxy) is 1. The summed E-state index contributed by atoms with van der Waals surface area (Å²) in [5, 5.41) is 3.62. The number of pyridine rings is 1. The molecule has 6 heteroatoms. The van der Waals surface area contributed by atoms with E-state index in [9.17, 15) is 4.79 Å². The van der Waals surface area contributed by atoms with Crippen molar-refractivity contribution in [3.05, 3.63) is 47.8 Å². The lowest BCUT2D eigenvalue weighted by molar-refractivity contribution is -0.131. The van der Waals surface area contributed by atoms with E-state index in [2.05, 4.69) is 29.6 Å². The predicted octanol–water partition coefficient (Wildman–Crippen LogP) is 3.90. The van der Waals surface area contributed by atoms with Gasteiger partial charge >= 0.3 is 0 Å². The normalized spacial score (nSPS) is 23.9. The van der Waals surface area contributed by atoms with E-state index in [4.69, 9.17) is 9.72 Å². The summed E-state index contributed by atoms with van der Waals surface area (Å²) in [6.45, 7) is 5.51. The molecule has 2 aromatic rings. The van der Waals surface area contributed by atoms with Gasteiger partial charge in [-0.05, 0) is 68.5 Å². The van der Waals surface area contributed by atoms with Gasteiger partial charge in [-0.2, -0.15) is 0 Å². The lowest BCUT2D eigenvalue weighted by atomic mass is 9.96. The zero-order chi connectivity index (χ0) is 19.0. The van der Waals surface area contributed by atoms with E-state index in [1.54, 1.807) is 0 Å². The van der Waals surface area contributed by atoms with Crippen LogP contribution in [0, 0.1) is 6.92 Å². The number of likely N-dealkylation sites (N-methyl/N-ethyl adjacent to an activating group) is 1. The number of rotatable bonds is 4. The average molecular weight is 402 g/mol. The molecule has 1 amide bonds. The van der Waals surface area contributed by atoms with Crippen molar-refractivity contribution >= 4 is 18.3 Å². The van der Waals surface area contributed by atoms with E-state index < -0.39 is 0 Å². The van der Waals surface area contributed by atoms with Crippen LogP contribution in [0.15, 0.2) is 36.4 Å². The maximum Gasteiger partial charge on any atom is 0.242 e. The Morgan fingerprint density at radius 2 is 1.96 bits per heavy atom. The molecule has 0 aliphatic carbocycles. The van der Waals surface area contributed by atoms with Gasteiger partial charge in [0.15, 0.2) is 0 Å². The molecule has 1 aromatic heterocycles. The Bertz CT molecular complexity index is 855. The minimum absolute atomic E-state index is 0.